The third kappa shape index (κ3) is 5.98. The van der Waals surface area contributed by atoms with Crippen molar-refractivity contribution >= 4 is 5.91 Å². The van der Waals surface area contributed by atoms with Crippen LogP contribution in [-0.4, -0.2) is 10.5 Å². The highest BCUT2D eigenvalue weighted by Crippen LogP contribution is 2.40. The predicted molar refractivity (Wildman–Crippen MR) is 144 cm³/mol. The molecule has 2 N–H and O–H groups in total. The lowest BCUT2D eigenvalue weighted by atomic mass is 9.95. The van der Waals surface area contributed by atoms with E-state index in [0.29, 0.717) is 11.6 Å². The van der Waals surface area contributed by atoms with Crippen LogP contribution in [0.5, 0.6) is 11.5 Å². The molecule has 0 spiro atoms. The molecule has 1 aromatic heterocycles. The summed E-state index contributed by atoms with van der Waals surface area (Å²) in [6, 6.07) is 18.4. The molecule has 2 aromatic carbocycles. The molecule has 0 aliphatic heterocycles. The summed E-state index contributed by atoms with van der Waals surface area (Å²) in [6.07, 6.45) is 13.2. The average Bonchev–Trinajstić information content (AvgIpc) is 3.12. The molecule has 1 heterocycles. The number of nitrogens with two attached hydrogens (primary N) is 1. The first-order valence-corrected chi connectivity index (χ1v) is 13.5. The summed E-state index contributed by atoms with van der Waals surface area (Å²) < 4.78 is 8.64. The Labute approximate surface area is 210 Å². The Kier molecular flexibility index (Phi) is 8.68. The number of ether oxygens (including phenoxy) is 1. The molecule has 1 aliphatic rings. The number of para-hydroxylation sites is 1. The van der Waals surface area contributed by atoms with Crippen molar-refractivity contribution in [2.24, 2.45) is 5.73 Å². The maximum absolute atomic E-state index is 12.9. The van der Waals surface area contributed by atoms with Gasteiger partial charge in [-0.15, -0.1) is 0 Å². The van der Waals surface area contributed by atoms with Crippen molar-refractivity contribution in [1.29, 1.82) is 0 Å². The molecule has 0 atom stereocenters. The lowest BCUT2D eigenvalue weighted by Crippen LogP contribution is -2.17. The van der Waals surface area contributed by atoms with Crippen LogP contribution in [0.25, 0.3) is 11.1 Å². The number of carbonyl (C=O) groups excluding carboxylic acids is 1. The molecular formula is C31H40N2O2. The van der Waals surface area contributed by atoms with Gasteiger partial charge in [-0.25, -0.2) is 0 Å². The Morgan fingerprint density at radius 1 is 0.943 bits per heavy atom. The van der Waals surface area contributed by atoms with Crippen LogP contribution in [0.15, 0.2) is 54.6 Å². The number of amides is 1. The zero-order valence-corrected chi connectivity index (χ0v) is 21.4. The van der Waals surface area contributed by atoms with E-state index >= 15 is 0 Å². The number of aromatic nitrogens is 1. The van der Waals surface area contributed by atoms with Gasteiger partial charge in [0.1, 0.15) is 11.5 Å². The highest BCUT2D eigenvalue weighted by atomic mass is 16.5. The van der Waals surface area contributed by atoms with Gasteiger partial charge in [-0.3, -0.25) is 4.79 Å². The molecule has 1 amide bonds. The van der Waals surface area contributed by atoms with Crippen molar-refractivity contribution in [2.75, 3.05) is 0 Å². The van der Waals surface area contributed by atoms with E-state index in [9.17, 15) is 4.79 Å². The molecule has 35 heavy (non-hydrogen) atoms. The van der Waals surface area contributed by atoms with E-state index in [1.807, 2.05) is 42.5 Å². The van der Waals surface area contributed by atoms with Gasteiger partial charge in [0, 0.05) is 23.0 Å². The molecule has 0 saturated heterocycles. The van der Waals surface area contributed by atoms with Crippen LogP contribution in [0.3, 0.4) is 0 Å². The van der Waals surface area contributed by atoms with E-state index in [1.54, 1.807) is 0 Å². The Morgan fingerprint density at radius 3 is 2.31 bits per heavy atom. The van der Waals surface area contributed by atoms with Crippen LogP contribution in [0.4, 0.5) is 0 Å². The number of rotatable bonds is 9. The summed E-state index contributed by atoms with van der Waals surface area (Å²) in [7, 11) is 0. The highest BCUT2D eigenvalue weighted by molar-refractivity contribution is 6.02. The van der Waals surface area contributed by atoms with Gasteiger partial charge in [0.05, 0.1) is 5.56 Å². The number of hydrogen-bond donors (Lipinski definition) is 1. The lowest BCUT2D eigenvalue weighted by molar-refractivity contribution is 0.1000. The summed E-state index contributed by atoms with van der Waals surface area (Å²) in [5, 5.41) is 0. The van der Waals surface area contributed by atoms with Gasteiger partial charge in [0.15, 0.2) is 0 Å². The maximum Gasteiger partial charge on any atom is 0.251 e. The predicted octanol–water partition coefficient (Wildman–Crippen LogP) is 8.37. The van der Waals surface area contributed by atoms with Crippen LogP contribution in [0.1, 0.15) is 98.9 Å². The summed E-state index contributed by atoms with van der Waals surface area (Å²) in [6.45, 7) is 4.33. The third-order valence-electron chi connectivity index (χ3n) is 7.36. The Morgan fingerprint density at radius 2 is 1.63 bits per heavy atom. The van der Waals surface area contributed by atoms with Crippen molar-refractivity contribution in [3.8, 4) is 22.6 Å². The molecule has 3 aromatic rings. The molecule has 4 nitrogen and oxygen atoms in total. The number of nitrogens with zero attached hydrogens (tertiary/aromatic N) is 1. The molecule has 1 aliphatic carbocycles. The van der Waals surface area contributed by atoms with E-state index < -0.39 is 0 Å². The van der Waals surface area contributed by atoms with E-state index in [0.717, 1.165) is 41.2 Å². The average molecular weight is 473 g/mol. The zero-order chi connectivity index (χ0) is 24.6. The van der Waals surface area contributed by atoms with Gasteiger partial charge in [-0.1, -0.05) is 82.2 Å². The van der Waals surface area contributed by atoms with Gasteiger partial charge >= 0.3 is 0 Å². The lowest BCUT2D eigenvalue weighted by Gasteiger charge is -2.26. The molecule has 0 radical (unpaired) electrons. The van der Waals surface area contributed by atoms with Gasteiger partial charge in [-0.05, 0) is 62.4 Å². The molecule has 0 unspecified atom stereocenters. The fourth-order valence-corrected chi connectivity index (χ4v) is 5.70. The fraction of sp³-hybridized carbons (Fsp3) is 0.452. The van der Waals surface area contributed by atoms with Crippen LogP contribution in [0, 0.1) is 6.92 Å². The van der Waals surface area contributed by atoms with E-state index in [1.165, 1.54) is 63.5 Å². The second kappa shape index (κ2) is 12.1. The van der Waals surface area contributed by atoms with Crippen molar-refractivity contribution in [2.45, 2.75) is 90.5 Å². The number of unbranched alkanes of at least 4 members (excludes halogenated alkanes) is 2. The number of carbonyl (C=O) groups is 1. The third-order valence-corrected chi connectivity index (χ3v) is 7.36. The second-order valence-electron chi connectivity index (χ2n) is 9.92. The molecule has 0 bridgehead atoms. The Bertz CT molecular complexity index is 1110. The first-order valence-electron chi connectivity index (χ1n) is 13.5. The number of benzene rings is 2. The molecular weight excluding hydrogens is 432 g/mol. The quantitative estimate of drug-likeness (QED) is 0.318. The monoisotopic (exact) mass is 472 g/mol. The minimum atomic E-state index is -0.340. The van der Waals surface area contributed by atoms with Crippen LogP contribution >= 0.6 is 0 Å². The SMILES string of the molecule is CCCCCc1c(-c2cccc(Oc3ccccc3)c2)c(C(N)=O)c(C)n1C1CCCCCCC1. The van der Waals surface area contributed by atoms with Crippen molar-refractivity contribution in [3.63, 3.8) is 0 Å². The van der Waals surface area contributed by atoms with Gasteiger partial charge in [0.2, 0.25) is 0 Å². The molecule has 1 fully saturated rings. The minimum Gasteiger partial charge on any atom is -0.457 e. The normalized spacial score (nSPS) is 14.9. The largest absolute Gasteiger partial charge is 0.457 e. The summed E-state index contributed by atoms with van der Waals surface area (Å²) in [4.78, 5) is 12.9. The first-order chi connectivity index (χ1) is 17.1. The van der Waals surface area contributed by atoms with Crippen LogP contribution < -0.4 is 10.5 Å². The van der Waals surface area contributed by atoms with Gasteiger partial charge < -0.3 is 15.0 Å². The van der Waals surface area contributed by atoms with Crippen molar-refractivity contribution < 1.29 is 9.53 Å². The maximum atomic E-state index is 12.9. The van der Waals surface area contributed by atoms with Crippen LogP contribution in [0.2, 0.25) is 0 Å². The fourth-order valence-electron chi connectivity index (χ4n) is 5.70. The van der Waals surface area contributed by atoms with Crippen LogP contribution in [-0.2, 0) is 6.42 Å². The standard InChI is InChI=1S/C31H40N2O2/c1-3-4-9-21-28-30(24-15-14-20-27(22-24)35-26-18-12-8-13-19-26)29(31(32)34)23(2)33(28)25-16-10-6-5-7-11-17-25/h8,12-15,18-20,22,25H,3-7,9-11,16-17,21H2,1-2H3,(H2,32,34). The summed E-state index contributed by atoms with van der Waals surface area (Å²) in [5.41, 5.74) is 11.0. The molecule has 186 valence electrons. The van der Waals surface area contributed by atoms with Crippen molar-refractivity contribution in [3.05, 3.63) is 71.5 Å². The zero-order valence-electron chi connectivity index (χ0n) is 21.4. The topological polar surface area (TPSA) is 57.2 Å². The summed E-state index contributed by atoms with van der Waals surface area (Å²) in [5.74, 6) is 1.22. The molecule has 4 rings (SSSR count). The van der Waals surface area contributed by atoms with Gasteiger partial charge in [-0.2, -0.15) is 0 Å². The minimum absolute atomic E-state index is 0.340. The number of hydrogen-bond acceptors (Lipinski definition) is 2. The second-order valence-corrected chi connectivity index (χ2v) is 9.92. The Hall–Kier alpha value is -3.01. The van der Waals surface area contributed by atoms with E-state index in [4.69, 9.17) is 10.5 Å². The smallest absolute Gasteiger partial charge is 0.251 e. The first kappa shape index (κ1) is 25.1. The van der Waals surface area contributed by atoms with Crippen molar-refractivity contribution in [1.82, 2.24) is 4.57 Å². The number of primary amides is 1. The summed E-state index contributed by atoms with van der Waals surface area (Å²) >= 11 is 0. The molecule has 1 saturated carbocycles. The highest BCUT2D eigenvalue weighted by Gasteiger charge is 2.28. The van der Waals surface area contributed by atoms with E-state index in [-0.39, 0.29) is 5.91 Å². The molecule has 4 heteroatoms. The Balaban J connectivity index is 1.81. The van der Waals surface area contributed by atoms with Gasteiger partial charge in [0.25, 0.3) is 5.91 Å². The van der Waals surface area contributed by atoms with E-state index in [2.05, 4.69) is 30.5 Å².